The molecule has 1 nitrogen and oxygen atoms in total. The Hall–Kier alpha value is -0.960. The van der Waals surface area contributed by atoms with Gasteiger partial charge in [-0.25, -0.2) is 8.78 Å². The summed E-state index contributed by atoms with van der Waals surface area (Å²) in [6, 6.07) is 2.80. The Morgan fingerprint density at radius 1 is 1.29 bits per heavy atom. The maximum Gasteiger partial charge on any atom is 0.132 e. The fourth-order valence-corrected chi connectivity index (χ4v) is 1.44. The van der Waals surface area contributed by atoms with Gasteiger partial charge in [0.25, 0.3) is 0 Å². The second-order valence-electron chi connectivity index (χ2n) is 3.62. The van der Waals surface area contributed by atoms with Crippen LogP contribution in [-0.4, -0.2) is 6.54 Å². The summed E-state index contributed by atoms with van der Waals surface area (Å²) < 4.78 is 26.9. The normalized spacial score (nSPS) is 11.0. The van der Waals surface area contributed by atoms with Crippen molar-refractivity contribution in [3.63, 3.8) is 0 Å². The number of rotatable bonds is 3. The molecular weight excluding hydrogens is 184 g/mol. The highest BCUT2D eigenvalue weighted by atomic mass is 19.1. The van der Waals surface area contributed by atoms with Crippen LogP contribution in [0.1, 0.15) is 30.9 Å². The summed E-state index contributed by atoms with van der Waals surface area (Å²) in [5.74, 6) is -0.880. The zero-order valence-corrected chi connectivity index (χ0v) is 8.48. The lowest BCUT2D eigenvalue weighted by Gasteiger charge is -2.11. The Kier molecular flexibility index (Phi) is 3.58. The SMILES string of the molecule is CC(C)c1ccc(F)c(CCN)c1F. The highest BCUT2D eigenvalue weighted by molar-refractivity contribution is 5.29. The van der Waals surface area contributed by atoms with Gasteiger partial charge in [-0.15, -0.1) is 0 Å². The van der Waals surface area contributed by atoms with Crippen LogP contribution < -0.4 is 5.73 Å². The molecule has 0 unspecified atom stereocenters. The van der Waals surface area contributed by atoms with Crippen LogP contribution in [0.2, 0.25) is 0 Å². The number of hydrogen-bond acceptors (Lipinski definition) is 1. The van der Waals surface area contributed by atoms with Crippen LogP contribution in [-0.2, 0) is 6.42 Å². The maximum absolute atomic E-state index is 13.7. The zero-order chi connectivity index (χ0) is 10.7. The first-order chi connectivity index (χ1) is 6.57. The number of nitrogens with two attached hydrogens (primary N) is 1. The summed E-state index contributed by atoms with van der Waals surface area (Å²) in [6.45, 7) is 4.01. The molecule has 2 N–H and O–H groups in total. The number of benzene rings is 1. The predicted molar refractivity (Wildman–Crippen MR) is 53.2 cm³/mol. The van der Waals surface area contributed by atoms with E-state index in [1.165, 1.54) is 12.1 Å². The minimum absolute atomic E-state index is 0.0622. The molecule has 0 spiro atoms. The van der Waals surface area contributed by atoms with Crippen molar-refractivity contribution in [2.45, 2.75) is 26.2 Å². The maximum atomic E-state index is 13.7. The van der Waals surface area contributed by atoms with E-state index in [1.807, 2.05) is 13.8 Å². The van der Waals surface area contributed by atoms with Crippen molar-refractivity contribution >= 4 is 0 Å². The van der Waals surface area contributed by atoms with Crippen LogP contribution in [0.3, 0.4) is 0 Å². The molecule has 0 aliphatic heterocycles. The highest BCUT2D eigenvalue weighted by Crippen LogP contribution is 2.23. The first-order valence-electron chi connectivity index (χ1n) is 4.74. The first-order valence-corrected chi connectivity index (χ1v) is 4.74. The van der Waals surface area contributed by atoms with Gasteiger partial charge in [0, 0.05) is 5.56 Å². The van der Waals surface area contributed by atoms with Crippen molar-refractivity contribution in [3.8, 4) is 0 Å². The van der Waals surface area contributed by atoms with E-state index in [9.17, 15) is 8.78 Å². The first kappa shape index (κ1) is 11.1. The van der Waals surface area contributed by atoms with Gasteiger partial charge in [-0.3, -0.25) is 0 Å². The summed E-state index contributed by atoms with van der Waals surface area (Å²) in [5, 5.41) is 0. The second-order valence-corrected chi connectivity index (χ2v) is 3.62. The summed E-state index contributed by atoms with van der Waals surface area (Å²) >= 11 is 0. The van der Waals surface area contributed by atoms with Gasteiger partial charge in [-0.2, -0.15) is 0 Å². The molecule has 0 atom stereocenters. The molecule has 1 rings (SSSR count). The Bertz CT molecular complexity index is 321. The fourth-order valence-electron chi connectivity index (χ4n) is 1.44. The molecule has 0 heterocycles. The largest absolute Gasteiger partial charge is 0.330 e. The van der Waals surface area contributed by atoms with Crippen molar-refractivity contribution in [1.82, 2.24) is 0 Å². The molecule has 1 aromatic carbocycles. The summed E-state index contributed by atoms with van der Waals surface area (Å²) in [7, 11) is 0. The standard InChI is InChI=1S/C11H15F2N/c1-7(2)8-3-4-10(12)9(5-6-14)11(8)13/h3-4,7H,5-6,14H2,1-2H3. The molecule has 0 fully saturated rings. The molecule has 78 valence electrons. The number of hydrogen-bond donors (Lipinski definition) is 1. The van der Waals surface area contributed by atoms with Crippen LogP contribution in [0.5, 0.6) is 0 Å². The smallest absolute Gasteiger partial charge is 0.132 e. The number of halogens is 2. The Morgan fingerprint density at radius 3 is 2.43 bits per heavy atom. The third-order valence-corrected chi connectivity index (χ3v) is 2.23. The van der Waals surface area contributed by atoms with Crippen molar-refractivity contribution < 1.29 is 8.78 Å². The molecule has 0 aliphatic rings. The van der Waals surface area contributed by atoms with E-state index in [2.05, 4.69) is 0 Å². The van der Waals surface area contributed by atoms with Crippen molar-refractivity contribution in [2.24, 2.45) is 5.73 Å². The fraction of sp³-hybridized carbons (Fsp3) is 0.455. The summed E-state index contributed by atoms with van der Waals surface area (Å²) in [6.07, 6.45) is 0.248. The van der Waals surface area contributed by atoms with E-state index in [0.29, 0.717) is 5.56 Å². The van der Waals surface area contributed by atoms with Gasteiger partial charge in [0.15, 0.2) is 0 Å². The molecule has 0 saturated carbocycles. The van der Waals surface area contributed by atoms with E-state index in [4.69, 9.17) is 5.73 Å². The molecule has 0 aliphatic carbocycles. The van der Waals surface area contributed by atoms with Gasteiger partial charge in [0.05, 0.1) is 0 Å². The Morgan fingerprint density at radius 2 is 1.93 bits per heavy atom. The molecule has 0 aromatic heterocycles. The van der Waals surface area contributed by atoms with E-state index >= 15 is 0 Å². The average molecular weight is 199 g/mol. The molecule has 1 aromatic rings. The quantitative estimate of drug-likeness (QED) is 0.795. The molecule has 0 radical (unpaired) electrons. The van der Waals surface area contributed by atoms with Crippen molar-refractivity contribution in [2.75, 3.05) is 6.54 Å². The molecule has 14 heavy (non-hydrogen) atoms. The van der Waals surface area contributed by atoms with Crippen LogP contribution in [0.15, 0.2) is 12.1 Å². The molecule has 3 heteroatoms. The minimum Gasteiger partial charge on any atom is -0.330 e. The third-order valence-electron chi connectivity index (χ3n) is 2.23. The zero-order valence-electron chi connectivity index (χ0n) is 8.48. The molecular formula is C11H15F2N. The van der Waals surface area contributed by atoms with Gasteiger partial charge >= 0.3 is 0 Å². The predicted octanol–water partition coefficient (Wildman–Crippen LogP) is 2.59. The molecule has 0 bridgehead atoms. The molecule has 0 amide bonds. The Balaban J connectivity index is 3.19. The van der Waals surface area contributed by atoms with E-state index in [0.717, 1.165) is 0 Å². The summed E-state index contributed by atoms with van der Waals surface area (Å²) in [5.41, 5.74) is 5.95. The monoisotopic (exact) mass is 199 g/mol. The lowest BCUT2D eigenvalue weighted by molar-refractivity contribution is 0.539. The van der Waals surface area contributed by atoms with Crippen molar-refractivity contribution in [1.29, 1.82) is 0 Å². The second kappa shape index (κ2) is 4.51. The van der Waals surface area contributed by atoms with Crippen LogP contribution in [0, 0.1) is 11.6 Å². The third kappa shape index (κ3) is 2.10. The minimum atomic E-state index is -0.502. The van der Waals surface area contributed by atoms with Crippen LogP contribution in [0.4, 0.5) is 8.78 Å². The van der Waals surface area contributed by atoms with Gasteiger partial charge in [-0.1, -0.05) is 19.9 Å². The van der Waals surface area contributed by atoms with E-state index in [1.54, 1.807) is 0 Å². The van der Waals surface area contributed by atoms with Gasteiger partial charge in [0.2, 0.25) is 0 Å². The van der Waals surface area contributed by atoms with Gasteiger partial charge in [0.1, 0.15) is 11.6 Å². The van der Waals surface area contributed by atoms with Crippen LogP contribution in [0.25, 0.3) is 0 Å². The van der Waals surface area contributed by atoms with Gasteiger partial charge < -0.3 is 5.73 Å². The highest BCUT2D eigenvalue weighted by Gasteiger charge is 2.14. The van der Waals surface area contributed by atoms with Gasteiger partial charge in [-0.05, 0) is 30.5 Å². The molecule has 0 saturated heterocycles. The Labute approximate surface area is 82.9 Å². The lowest BCUT2D eigenvalue weighted by atomic mass is 9.98. The topological polar surface area (TPSA) is 26.0 Å². The summed E-state index contributed by atoms with van der Waals surface area (Å²) in [4.78, 5) is 0. The average Bonchev–Trinajstić information content (AvgIpc) is 2.11. The van der Waals surface area contributed by atoms with E-state index < -0.39 is 11.6 Å². The van der Waals surface area contributed by atoms with E-state index in [-0.39, 0.29) is 24.4 Å². The van der Waals surface area contributed by atoms with Crippen molar-refractivity contribution in [3.05, 3.63) is 34.9 Å². The lowest BCUT2D eigenvalue weighted by Crippen LogP contribution is -2.09. The van der Waals surface area contributed by atoms with Crippen LogP contribution >= 0.6 is 0 Å².